The fraction of sp³-hybridized carbons (Fsp3) is 0.536. The molecule has 8 heteroatoms. The van der Waals surface area contributed by atoms with E-state index in [1.807, 2.05) is 32.1 Å². The van der Waals surface area contributed by atoms with Crippen molar-refractivity contribution in [2.75, 3.05) is 6.61 Å². The van der Waals surface area contributed by atoms with Crippen LogP contribution >= 0.6 is 0 Å². The first-order valence-electron chi connectivity index (χ1n) is 12.3. The number of allylic oxidation sites excluding steroid dienone is 4. The molecule has 1 aromatic carbocycles. The van der Waals surface area contributed by atoms with Crippen molar-refractivity contribution in [3.8, 4) is 5.75 Å². The van der Waals surface area contributed by atoms with Gasteiger partial charge in [0.25, 0.3) is 0 Å². The van der Waals surface area contributed by atoms with Crippen molar-refractivity contribution in [3.63, 3.8) is 0 Å². The first-order chi connectivity index (χ1) is 17.0. The minimum atomic E-state index is -4.47. The van der Waals surface area contributed by atoms with Gasteiger partial charge in [-0.1, -0.05) is 36.4 Å². The molecule has 2 rings (SSSR count). The third-order valence-electron chi connectivity index (χ3n) is 6.13. The Morgan fingerprint density at radius 1 is 1.28 bits per heavy atom. The molecule has 0 radical (unpaired) electrons. The van der Waals surface area contributed by atoms with Crippen molar-refractivity contribution in [1.82, 2.24) is 0 Å². The van der Waals surface area contributed by atoms with E-state index in [2.05, 4.69) is 6.58 Å². The highest BCUT2D eigenvalue weighted by Gasteiger charge is 2.38. The maximum absolute atomic E-state index is 12.9. The molecule has 36 heavy (non-hydrogen) atoms. The molecule has 0 amide bonds. The Bertz CT molecular complexity index is 893. The van der Waals surface area contributed by atoms with E-state index >= 15 is 0 Å². The van der Waals surface area contributed by atoms with Crippen LogP contribution in [0.3, 0.4) is 0 Å². The lowest BCUT2D eigenvalue weighted by atomic mass is 9.86. The molecule has 0 aromatic heterocycles. The Balaban J connectivity index is 1.88. The molecular formula is C28H37F3O5. The molecule has 5 nitrogen and oxygen atoms in total. The highest BCUT2D eigenvalue weighted by atomic mass is 19.4. The first-order valence-corrected chi connectivity index (χ1v) is 12.3. The van der Waals surface area contributed by atoms with Crippen LogP contribution in [-0.4, -0.2) is 41.1 Å². The number of hydrogen-bond acceptors (Lipinski definition) is 5. The average Bonchev–Trinajstić information content (AvgIpc) is 3.12. The Morgan fingerprint density at radius 3 is 2.69 bits per heavy atom. The van der Waals surface area contributed by atoms with Gasteiger partial charge < -0.3 is 19.7 Å². The van der Waals surface area contributed by atoms with Gasteiger partial charge in [0, 0.05) is 6.42 Å². The summed E-state index contributed by atoms with van der Waals surface area (Å²) in [4.78, 5) is 11.6. The van der Waals surface area contributed by atoms with Crippen LogP contribution in [0.1, 0.15) is 51.5 Å². The van der Waals surface area contributed by atoms with Gasteiger partial charge in [-0.3, -0.25) is 4.79 Å². The summed E-state index contributed by atoms with van der Waals surface area (Å²) in [6.45, 7) is 7.29. The van der Waals surface area contributed by atoms with Crippen LogP contribution in [0.4, 0.5) is 13.2 Å². The van der Waals surface area contributed by atoms with Crippen LogP contribution in [-0.2, 0) is 15.7 Å². The number of aliphatic hydroxyl groups is 2. The third kappa shape index (κ3) is 9.82. The summed E-state index contributed by atoms with van der Waals surface area (Å²) in [5.41, 5.74) is -0.815. The van der Waals surface area contributed by atoms with Crippen LogP contribution < -0.4 is 4.74 Å². The lowest BCUT2D eigenvalue weighted by Gasteiger charge is -2.20. The zero-order valence-corrected chi connectivity index (χ0v) is 20.9. The number of esters is 1. The molecule has 1 unspecified atom stereocenters. The van der Waals surface area contributed by atoms with Gasteiger partial charge in [-0.2, -0.15) is 13.2 Å². The number of benzene rings is 1. The van der Waals surface area contributed by atoms with Crippen molar-refractivity contribution in [2.24, 2.45) is 17.8 Å². The van der Waals surface area contributed by atoms with Crippen LogP contribution in [0.5, 0.6) is 5.75 Å². The molecule has 0 spiro atoms. The second-order valence-electron chi connectivity index (χ2n) is 9.37. The fourth-order valence-electron chi connectivity index (χ4n) is 4.35. The second-order valence-corrected chi connectivity index (χ2v) is 9.37. The molecule has 1 aromatic rings. The molecule has 0 bridgehead atoms. The highest BCUT2D eigenvalue weighted by molar-refractivity contribution is 5.69. The Morgan fingerprint density at radius 2 is 2.03 bits per heavy atom. The Labute approximate surface area is 211 Å². The van der Waals surface area contributed by atoms with Crippen LogP contribution in [0.15, 0.2) is 61.2 Å². The lowest BCUT2D eigenvalue weighted by Crippen LogP contribution is -2.20. The summed E-state index contributed by atoms with van der Waals surface area (Å²) in [6, 6.07) is 4.51. The Hall–Kier alpha value is -2.58. The topological polar surface area (TPSA) is 76.0 Å². The first kappa shape index (κ1) is 29.6. The van der Waals surface area contributed by atoms with E-state index in [1.165, 1.54) is 12.1 Å². The normalized spacial score (nSPS) is 23.4. The number of aliphatic hydroxyl groups excluding tert-OH is 2. The van der Waals surface area contributed by atoms with Crippen LogP contribution in [0.25, 0.3) is 0 Å². The standard InChI is InChI=1S/C28H37F3O5/c1-4-20-16-26(33)25(12-7-5-6-8-13-27(34)36-19(2)3)24(20)15-14-22(32)18-35-23-11-9-10-21(17-23)28(29,30)31/h4-5,7,9-11,14-15,17,19-20,22,24-26,32-33H,1,6,8,12-13,16,18H2,2-3H3/b7-5-,15-14+/t20?,22-,24+,25-,26+/m1/s1. The molecular weight excluding hydrogens is 473 g/mol. The number of ether oxygens (including phenoxy) is 2. The summed E-state index contributed by atoms with van der Waals surface area (Å²) in [5, 5.41) is 20.9. The number of rotatable bonds is 13. The van der Waals surface area contributed by atoms with Crippen molar-refractivity contribution in [3.05, 3.63) is 66.8 Å². The summed E-state index contributed by atoms with van der Waals surface area (Å²) in [5.74, 6) is -0.261. The third-order valence-corrected chi connectivity index (χ3v) is 6.13. The minimum absolute atomic E-state index is 0.0259. The second kappa shape index (κ2) is 14.2. The average molecular weight is 511 g/mol. The van der Waals surface area contributed by atoms with Gasteiger partial charge in [-0.25, -0.2) is 0 Å². The van der Waals surface area contributed by atoms with Crippen LogP contribution in [0.2, 0.25) is 0 Å². The largest absolute Gasteiger partial charge is 0.491 e. The molecule has 0 saturated heterocycles. The zero-order valence-electron chi connectivity index (χ0n) is 20.9. The minimum Gasteiger partial charge on any atom is -0.491 e. The number of unbranched alkanes of at least 4 members (excludes halogenated alkanes) is 1. The molecule has 0 aliphatic heterocycles. The molecule has 1 saturated carbocycles. The van der Waals surface area contributed by atoms with Gasteiger partial charge >= 0.3 is 12.1 Å². The quantitative estimate of drug-likeness (QED) is 0.197. The predicted molar refractivity (Wildman–Crippen MR) is 132 cm³/mol. The van der Waals surface area contributed by atoms with Gasteiger partial charge in [0.15, 0.2) is 0 Å². The van der Waals surface area contributed by atoms with Crippen molar-refractivity contribution in [1.29, 1.82) is 0 Å². The number of carbonyl (C=O) groups is 1. The number of carbonyl (C=O) groups excluding carboxylic acids is 1. The molecule has 1 aliphatic rings. The summed E-state index contributed by atoms with van der Waals surface area (Å²) < 4.78 is 49.0. The maximum atomic E-state index is 12.9. The Kier molecular flexibility index (Phi) is 11.7. The molecule has 5 atom stereocenters. The van der Waals surface area contributed by atoms with Crippen molar-refractivity contribution < 1.29 is 37.7 Å². The lowest BCUT2D eigenvalue weighted by molar-refractivity contribution is -0.147. The van der Waals surface area contributed by atoms with Gasteiger partial charge in [0.05, 0.1) is 17.8 Å². The van der Waals surface area contributed by atoms with E-state index in [0.29, 0.717) is 25.7 Å². The zero-order chi connectivity index (χ0) is 26.7. The molecule has 1 fully saturated rings. The number of alkyl halides is 3. The van der Waals surface area contributed by atoms with E-state index in [9.17, 15) is 28.2 Å². The van der Waals surface area contributed by atoms with Gasteiger partial charge in [-0.05, 0) is 75.5 Å². The van der Waals surface area contributed by atoms with E-state index in [0.717, 1.165) is 18.6 Å². The molecule has 0 heterocycles. The van der Waals surface area contributed by atoms with Crippen LogP contribution in [0, 0.1) is 17.8 Å². The number of halogens is 3. The fourth-order valence-corrected chi connectivity index (χ4v) is 4.35. The monoisotopic (exact) mass is 510 g/mol. The van der Waals surface area contributed by atoms with E-state index in [4.69, 9.17) is 9.47 Å². The summed E-state index contributed by atoms with van der Waals surface area (Å²) in [7, 11) is 0. The summed E-state index contributed by atoms with van der Waals surface area (Å²) in [6.07, 6.45) is 6.03. The maximum Gasteiger partial charge on any atom is 0.416 e. The van der Waals surface area contributed by atoms with Crippen molar-refractivity contribution in [2.45, 2.75) is 70.4 Å². The molecule has 1 aliphatic carbocycles. The smallest absolute Gasteiger partial charge is 0.416 e. The van der Waals surface area contributed by atoms with Gasteiger partial charge in [0.2, 0.25) is 0 Å². The van der Waals surface area contributed by atoms with Gasteiger partial charge in [0.1, 0.15) is 18.5 Å². The summed E-state index contributed by atoms with van der Waals surface area (Å²) >= 11 is 0. The number of hydrogen-bond donors (Lipinski definition) is 2. The van der Waals surface area contributed by atoms with Gasteiger partial charge in [-0.15, -0.1) is 6.58 Å². The van der Waals surface area contributed by atoms with E-state index in [-0.39, 0.29) is 42.2 Å². The van der Waals surface area contributed by atoms with E-state index < -0.39 is 23.9 Å². The van der Waals surface area contributed by atoms with Crippen molar-refractivity contribution >= 4 is 5.97 Å². The van der Waals surface area contributed by atoms with E-state index in [1.54, 1.807) is 12.2 Å². The molecule has 200 valence electrons. The SMILES string of the molecule is C=CC1C[C@H](O)[C@H](C/C=C\CCCC(=O)OC(C)C)[C@H]1/C=C/[C@@H](O)COc1cccc(C(F)(F)F)c1. The molecule has 2 N–H and O–H groups in total. The highest BCUT2D eigenvalue weighted by Crippen LogP contribution is 2.41. The predicted octanol–water partition coefficient (Wildman–Crippen LogP) is 5.87.